The molecule has 0 radical (unpaired) electrons. The smallest absolute Gasteiger partial charge is 0.312 e. The summed E-state index contributed by atoms with van der Waals surface area (Å²) < 4.78 is 18.8. The second-order valence-corrected chi connectivity index (χ2v) is 7.09. The Hall–Kier alpha value is -2.44. The van der Waals surface area contributed by atoms with Gasteiger partial charge in [-0.25, -0.2) is 4.39 Å². The first-order valence-corrected chi connectivity index (χ1v) is 8.95. The Labute approximate surface area is 158 Å². The molecule has 1 fully saturated rings. The standard InChI is InChI=1S/C21H24FNO4/c1-27-18-8-7-16(11-17(18)22)13-23-10-9-21(20(25)26,19(24)14-23)12-15-5-3-2-4-6-15/h2-8,11,19,24H,9-10,12-14H2,1H3,(H,25,26)/t19?,21-/m1/s1. The summed E-state index contributed by atoms with van der Waals surface area (Å²) in [7, 11) is 1.41. The molecular formula is C21H24FNO4. The van der Waals surface area contributed by atoms with E-state index in [9.17, 15) is 19.4 Å². The number of halogens is 1. The number of β-amino-alcohol motifs (C(OH)–C–C–N with tert-alkyl or cyclic N) is 1. The average molecular weight is 373 g/mol. The molecule has 2 atom stereocenters. The van der Waals surface area contributed by atoms with Crippen LogP contribution in [0.2, 0.25) is 0 Å². The van der Waals surface area contributed by atoms with Crippen LogP contribution in [0.15, 0.2) is 48.5 Å². The number of aliphatic carboxylic acids is 1. The number of benzene rings is 2. The van der Waals surface area contributed by atoms with Crippen LogP contribution in [0.1, 0.15) is 17.5 Å². The van der Waals surface area contributed by atoms with E-state index in [-0.39, 0.29) is 18.7 Å². The van der Waals surface area contributed by atoms with E-state index in [4.69, 9.17) is 4.74 Å². The number of nitrogens with zero attached hydrogens (tertiary/aromatic N) is 1. The second-order valence-electron chi connectivity index (χ2n) is 7.09. The number of carboxylic acids is 1. The maximum atomic E-state index is 13.9. The van der Waals surface area contributed by atoms with Gasteiger partial charge in [0.2, 0.25) is 0 Å². The molecule has 3 rings (SSSR count). The van der Waals surface area contributed by atoms with Crippen molar-refractivity contribution in [3.63, 3.8) is 0 Å². The molecule has 1 saturated heterocycles. The summed E-state index contributed by atoms with van der Waals surface area (Å²) in [6.07, 6.45) is -0.390. The Morgan fingerprint density at radius 1 is 1.26 bits per heavy atom. The highest BCUT2D eigenvalue weighted by Crippen LogP contribution is 2.36. The second kappa shape index (κ2) is 8.06. The summed E-state index contributed by atoms with van der Waals surface area (Å²) in [5, 5.41) is 20.6. The molecule has 6 heteroatoms. The fourth-order valence-corrected chi connectivity index (χ4v) is 3.74. The van der Waals surface area contributed by atoms with Gasteiger partial charge in [-0.15, -0.1) is 0 Å². The van der Waals surface area contributed by atoms with Crippen LogP contribution in [0.3, 0.4) is 0 Å². The molecule has 1 heterocycles. The van der Waals surface area contributed by atoms with Gasteiger partial charge >= 0.3 is 5.97 Å². The molecule has 2 N–H and O–H groups in total. The molecule has 0 saturated carbocycles. The maximum Gasteiger partial charge on any atom is 0.312 e. The number of likely N-dealkylation sites (tertiary alicyclic amines) is 1. The third-order valence-corrected chi connectivity index (χ3v) is 5.35. The van der Waals surface area contributed by atoms with Crippen molar-refractivity contribution in [1.82, 2.24) is 4.90 Å². The van der Waals surface area contributed by atoms with Crippen molar-refractivity contribution in [3.05, 3.63) is 65.5 Å². The number of ether oxygens (including phenoxy) is 1. The quantitative estimate of drug-likeness (QED) is 0.815. The molecule has 0 spiro atoms. The van der Waals surface area contributed by atoms with Crippen molar-refractivity contribution in [2.45, 2.75) is 25.5 Å². The van der Waals surface area contributed by atoms with Crippen LogP contribution in [0, 0.1) is 11.2 Å². The van der Waals surface area contributed by atoms with Crippen LogP contribution in [-0.2, 0) is 17.8 Å². The zero-order chi connectivity index (χ0) is 19.4. The molecule has 0 amide bonds. The summed E-state index contributed by atoms with van der Waals surface area (Å²) in [5.74, 6) is -1.23. The third-order valence-electron chi connectivity index (χ3n) is 5.35. The van der Waals surface area contributed by atoms with Gasteiger partial charge in [0.1, 0.15) is 5.41 Å². The van der Waals surface area contributed by atoms with E-state index < -0.39 is 23.3 Å². The maximum absolute atomic E-state index is 13.9. The number of carboxylic acid groups (broad SMARTS) is 1. The Bertz CT molecular complexity index is 798. The van der Waals surface area contributed by atoms with Crippen molar-refractivity contribution < 1.29 is 24.1 Å². The zero-order valence-corrected chi connectivity index (χ0v) is 15.3. The van der Waals surface area contributed by atoms with E-state index >= 15 is 0 Å². The first-order valence-electron chi connectivity index (χ1n) is 8.95. The predicted molar refractivity (Wildman–Crippen MR) is 99.1 cm³/mol. The molecule has 1 aliphatic rings. The average Bonchev–Trinajstić information content (AvgIpc) is 2.65. The van der Waals surface area contributed by atoms with E-state index in [0.29, 0.717) is 19.5 Å². The lowest BCUT2D eigenvalue weighted by molar-refractivity contribution is -0.163. The molecule has 0 aliphatic carbocycles. The Balaban J connectivity index is 1.71. The lowest BCUT2D eigenvalue weighted by atomic mass is 9.71. The highest BCUT2D eigenvalue weighted by atomic mass is 19.1. The molecule has 1 aliphatic heterocycles. The van der Waals surface area contributed by atoms with Gasteiger partial charge in [-0.2, -0.15) is 0 Å². The largest absolute Gasteiger partial charge is 0.494 e. The van der Waals surface area contributed by atoms with E-state index in [0.717, 1.165) is 11.1 Å². The van der Waals surface area contributed by atoms with Gasteiger partial charge in [-0.3, -0.25) is 9.69 Å². The van der Waals surface area contributed by atoms with Crippen LogP contribution < -0.4 is 4.74 Å². The van der Waals surface area contributed by atoms with E-state index in [1.807, 2.05) is 35.2 Å². The number of carbonyl (C=O) groups is 1. The van der Waals surface area contributed by atoms with Gasteiger partial charge < -0.3 is 14.9 Å². The highest BCUT2D eigenvalue weighted by Gasteiger charge is 2.48. The van der Waals surface area contributed by atoms with Gasteiger partial charge in [0.15, 0.2) is 11.6 Å². The minimum absolute atomic E-state index is 0.185. The normalized spacial score (nSPS) is 23.1. The zero-order valence-electron chi connectivity index (χ0n) is 15.3. The molecule has 2 aromatic rings. The summed E-state index contributed by atoms with van der Waals surface area (Å²) in [6.45, 7) is 1.19. The fraction of sp³-hybridized carbons (Fsp3) is 0.381. The number of methoxy groups -OCH3 is 1. The summed E-state index contributed by atoms with van der Waals surface area (Å²) in [5.41, 5.74) is 0.444. The van der Waals surface area contributed by atoms with E-state index in [1.54, 1.807) is 12.1 Å². The van der Waals surface area contributed by atoms with Crippen molar-refractivity contribution >= 4 is 5.97 Å². The van der Waals surface area contributed by atoms with Crippen molar-refractivity contribution in [3.8, 4) is 5.75 Å². The minimum Gasteiger partial charge on any atom is -0.494 e. The third kappa shape index (κ3) is 4.12. The van der Waals surface area contributed by atoms with Crippen LogP contribution >= 0.6 is 0 Å². The fourth-order valence-electron chi connectivity index (χ4n) is 3.74. The molecular weight excluding hydrogens is 349 g/mol. The van der Waals surface area contributed by atoms with Crippen molar-refractivity contribution in [2.24, 2.45) is 5.41 Å². The van der Waals surface area contributed by atoms with Crippen LogP contribution in [0.4, 0.5) is 4.39 Å². The molecule has 1 unspecified atom stereocenters. The number of aliphatic hydroxyl groups excluding tert-OH is 1. The molecule has 27 heavy (non-hydrogen) atoms. The monoisotopic (exact) mass is 373 g/mol. The van der Waals surface area contributed by atoms with Crippen molar-refractivity contribution in [1.29, 1.82) is 0 Å². The molecule has 144 valence electrons. The highest BCUT2D eigenvalue weighted by molar-refractivity contribution is 5.76. The van der Waals surface area contributed by atoms with Gasteiger partial charge in [0.25, 0.3) is 0 Å². The van der Waals surface area contributed by atoms with Gasteiger partial charge in [-0.05, 0) is 42.6 Å². The van der Waals surface area contributed by atoms with Gasteiger partial charge in [-0.1, -0.05) is 36.4 Å². The molecule has 2 aromatic carbocycles. The van der Waals surface area contributed by atoms with Gasteiger partial charge in [0, 0.05) is 13.1 Å². The minimum atomic E-state index is -1.21. The van der Waals surface area contributed by atoms with E-state index in [1.165, 1.54) is 13.2 Å². The topological polar surface area (TPSA) is 70.0 Å². The number of hydrogen-bond donors (Lipinski definition) is 2. The van der Waals surface area contributed by atoms with Crippen molar-refractivity contribution in [2.75, 3.05) is 20.2 Å². The Morgan fingerprint density at radius 3 is 2.59 bits per heavy atom. The van der Waals surface area contributed by atoms with Gasteiger partial charge in [0.05, 0.1) is 13.2 Å². The Kier molecular flexibility index (Phi) is 5.77. The first-order chi connectivity index (χ1) is 12.9. The summed E-state index contributed by atoms with van der Waals surface area (Å²) in [6, 6.07) is 14.1. The summed E-state index contributed by atoms with van der Waals surface area (Å²) in [4.78, 5) is 14.0. The lowest BCUT2D eigenvalue weighted by Gasteiger charge is -2.43. The molecule has 0 bridgehead atoms. The molecule has 5 nitrogen and oxygen atoms in total. The van der Waals surface area contributed by atoms with E-state index in [2.05, 4.69) is 0 Å². The first kappa shape index (κ1) is 19.3. The lowest BCUT2D eigenvalue weighted by Crippen LogP contribution is -2.55. The van der Waals surface area contributed by atoms with Crippen LogP contribution in [0.5, 0.6) is 5.75 Å². The number of piperidine rings is 1. The number of hydrogen-bond acceptors (Lipinski definition) is 4. The SMILES string of the molecule is COc1ccc(CN2CC[C@](Cc3ccccc3)(C(=O)O)C(O)C2)cc1F. The summed E-state index contributed by atoms with van der Waals surface area (Å²) >= 11 is 0. The number of aliphatic hydroxyl groups is 1. The Morgan fingerprint density at radius 2 is 2.00 bits per heavy atom. The number of rotatable bonds is 6. The predicted octanol–water partition coefficient (Wildman–Crippen LogP) is 2.71. The van der Waals surface area contributed by atoms with Crippen LogP contribution in [-0.4, -0.2) is 47.4 Å². The molecule has 0 aromatic heterocycles. The van der Waals surface area contributed by atoms with Crippen LogP contribution in [0.25, 0.3) is 0 Å².